The van der Waals surface area contributed by atoms with Crippen LogP contribution in [-0.2, 0) is 11.2 Å². The van der Waals surface area contributed by atoms with Crippen LogP contribution in [0.2, 0.25) is 0 Å². The van der Waals surface area contributed by atoms with E-state index in [1.54, 1.807) is 0 Å². The van der Waals surface area contributed by atoms with Crippen LogP contribution in [0.15, 0.2) is 15.9 Å². The molecule has 1 fully saturated rings. The van der Waals surface area contributed by atoms with Crippen LogP contribution in [0.3, 0.4) is 0 Å². The number of thiophene rings is 1. The van der Waals surface area contributed by atoms with Crippen LogP contribution in [0.5, 0.6) is 0 Å². The topological polar surface area (TPSA) is 21.3 Å². The van der Waals surface area contributed by atoms with Crippen LogP contribution in [0.4, 0.5) is 0 Å². The van der Waals surface area contributed by atoms with Crippen LogP contribution in [-0.4, -0.2) is 25.8 Å². The average Bonchev–Trinajstić information content (AvgIpc) is 2.81. The first-order valence-corrected chi connectivity index (χ1v) is 8.47. The van der Waals surface area contributed by atoms with Gasteiger partial charge in [-0.05, 0) is 72.9 Å². The van der Waals surface area contributed by atoms with E-state index in [2.05, 4.69) is 39.7 Å². The zero-order valence-corrected chi connectivity index (χ0v) is 13.4. The summed E-state index contributed by atoms with van der Waals surface area (Å²) in [6.45, 7) is 0.964. The van der Waals surface area contributed by atoms with Crippen molar-refractivity contribution in [2.24, 2.45) is 0 Å². The normalized spacial score (nSPS) is 22.0. The fourth-order valence-corrected chi connectivity index (χ4v) is 4.06. The van der Waals surface area contributed by atoms with Crippen molar-refractivity contribution < 1.29 is 4.74 Å². The third-order valence-corrected chi connectivity index (χ3v) is 5.59. The number of likely N-dealkylation sites (N-methyl/N-ethyl adjacent to an activating group) is 1. The lowest BCUT2D eigenvalue weighted by Gasteiger charge is -2.24. The van der Waals surface area contributed by atoms with Crippen molar-refractivity contribution in [3.05, 3.63) is 20.8 Å². The SMILES string of the molecule is CNC(CCC1CCCCO1)Cc1sccc1Br. The van der Waals surface area contributed by atoms with Gasteiger partial charge in [-0.25, -0.2) is 0 Å². The van der Waals surface area contributed by atoms with Gasteiger partial charge in [0.05, 0.1) is 6.10 Å². The minimum Gasteiger partial charge on any atom is -0.378 e. The van der Waals surface area contributed by atoms with Crippen molar-refractivity contribution in [1.29, 1.82) is 0 Å². The summed E-state index contributed by atoms with van der Waals surface area (Å²) in [7, 11) is 2.06. The summed E-state index contributed by atoms with van der Waals surface area (Å²) < 4.78 is 7.05. The van der Waals surface area contributed by atoms with E-state index in [1.807, 2.05) is 11.3 Å². The lowest BCUT2D eigenvalue weighted by Crippen LogP contribution is -2.30. The van der Waals surface area contributed by atoms with Crippen molar-refractivity contribution in [3.63, 3.8) is 0 Å². The molecule has 1 aromatic rings. The van der Waals surface area contributed by atoms with Crippen molar-refractivity contribution >= 4 is 27.3 Å². The molecule has 0 bridgehead atoms. The van der Waals surface area contributed by atoms with E-state index < -0.39 is 0 Å². The van der Waals surface area contributed by atoms with Gasteiger partial charge >= 0.3 is 0 Å². The first-order valence-electron chi connectivity index (χ1n) is 6.80. The zero-order valence-electron chi connectivity index (χ0n) is 11.0. The lowest BCUT2D eigenvalue weighted by molar-refractivity contribution is 0.00871. The molecular formula is C14H22BrNOS. The molecule has 1 aliphatic rings. The average molecular weight is 332 g/mol. The van der Waals surface area contributed by atoms with Gasteiger partial charge in [0.2, 0.25) is 0 Å². The number of rotatable bonds is 6. The highest BCUT2D eigenvalue weighted by atomic mass is 79.9. The first-order chi connectivity index (χ1) is 8.79. The quantitative estimate of drug-likeness (QED) is 0.850. The van der Waals surface area contributed by atoms with Gasteiger partial charge in [-0.1, -0.05) is 0 Å². The van der Waals surface area contributed by atoms with E-state index in [4.69, 9.17) is 4.74 Å². The molecule has 0 amide bonds. The molecule has 1 saturated heterocycles. The van der Waals surface area contributed by atoms with Crippen LogP contribution in [0, 0.1) is 0 Å². The van der Waals surface area contributed by atoms with Gasteiger partial charge < -0.3 is 10.1 Å². The van der Waals surface area contributed by atoms with Gasteiger partial charge in [-0.3, -0.25) is 0 Å². The van der Waals surface area contributed by atoms with Crippen molar-refractivity contribution in [2.45, 2.75) is 50.7 Å². The number of halogens is 1. The maximum absolute atomic E-state index is 5.80. The molecule has 2 rings (SSSR count). The maximum atomic E-state index is 5.80. The third-order valence-electron chi connectivity index (χ3n) is 3.64. The minimum atomic E-state index is 0.501. The molecule has 2 atom stereocenters. The fourth-order valence-electron chi connectivity index (χ4n) is 2.47. The standard InChI is InChI=1S/C14H22BrNOS/c1-16-11(10-14-13(15)7-9-18-14)5-6-12-4-2-3-8-17-12/h7,9,11-12,16H,2-6,8,10H2,1H3. The van der Waals surface area contributed by atoms with E-state index in [1.165, 1.54) is 41.5 Å². The Kier molecular flexibility index (Phi) is 6.15. The summed E-state index contributed by atoms with van der Waals surface area (Å²) in [4.78, 5) is 1.44. The number of hydrogen-bond donors (Lipinski definition) is 1. The Balaban J connectivity index is 1.76. The summed E-state index contributed by atoms with van der Waals surface area (Å²) in [6, 6.07) is 2.70. The highest BCUT2D eigenvalue weighted by Gasteiger charge is 2.17. The Morgan fingerprint density at radius 1 is 1.56 bits per heavy atom. The van der Waals surface area contributed by atoms with Gasteiger partial charge in [0.1, 0.15) is 0 Å². The van der Waals surface area contributed by atoms with Gasteiger partial charge in [0, 0.05) is 22.0 Å². The monoisotopic (exact) mass is 331 g/mol. The predicted molar refractivity (Wildman–Crippen MR) is 81.4 cm³/mol. The Bertz CT molecular complexity index is 349. The second-order valence-corrected chi connectivity index (χ2v) is 6.80. The van der Waals surface area contributed by atoms with Crippen LogP contribution in [0.25, 0.3) is 0 Å². The fraction of sp³-hybridized carbons (Fsp3) is 0.714. The summed E-state index contributed by atoms with van der Waals surface area (Å²) in [5, 5.41) is 5.59. The van der Waals surface area contributed by atoms with Crippen molar-refractivity contribution in [2.75, 3.05) is 13.7 Å². The van der Waals surface area contributed by atoms with Crippen LogP contribution < -0.4 is 5.32 Å². The molecule has 0 aromatic carbocycles. The summed E-state index contributed by atoms with van der Waals surface area (Å²) in [5.41, 5.74) is 0. The predicted octanol–water partition coefficient (Wildman–Crippen LogP) is 3.99. The highest BCUT2D eigenvalue weighted by molar-refractivity contribution is 9.10. The Morgan fingerprint density at radius 2 is 2.44 bits per heavy atom. The Hall–Kier alpha value is 0.100. The number of nitrogens with one attached hydrogen (secondary N) is 1. The lowest BCUT2D eigenvalue weighted by atomic mass is 10.00. The second kappa shape index (κ2) is 7.63. The van der Waals surface area contributed by atoms with Gasteiger partial charge in [-0.2, -0.15) is 0 Å². The summed E-state index contributed by atoms with van der Waals surface area (Å²) in [6.07, 6.45) is 7.83. The van der Waals surface area contributed by atoms with Crippen LogP contribution >= 0.6 is 27.3 Å². The number of hydrogen-bond acceptors (Lipinski definition) is 3. The Morgan fingerprint density at radius 3 is 3.06 bits per heavy atom. The third kappa shape index (κ3) is 4.34. The minimum absolute atomic E-state index is 0.501. The maximum Gasteiger partial charge on any atom is 0.0575 e. The van der Waals surface area contributed by atoms with E-state index in [0.717, 1.165) is 13.0 Å². The molecule has 2 unspecified atom stereocenters. The zero-order chi connectivity index (χ0) is 12.8. The van der Waals surface area contributed by atoms with E-state index >= 15 is 0 Å². The molecule has 4 heteroatoms. The largest absolute Gasteiger partial charge is 0.378 e. The molecule has 0 saturated carbocycles. The summed E-state index contributed by atoms with van der Waals surface area (Å²) in [5.74, 6) is 0. The van der Waals surface area contributed by atoms with Gasteiger partial charge in [0.15, 0.2) is 0 Å². The van der Waals surface area contributed by atoms with E-state index in [9.17, 15) is 0 Å². The molecule has 18 heavy (non-hydrogen) atoms. The number of ether oxygens (including phenoxy) is 1. The smallest absolute Gasteiger partial charge is 0.0575 e. The molecule has 1 aliphatic heterocycles. The highest BCUT2D eigenvalue weighted by Crippen LogP contribution is 2.25. The van der Waals surface area contributed by atoms with Gasteiger partial charge in [0.25, 0.3) is 0 Å². The molecule has 102 valence electrons. The van der Waals surface area contributed by atoms with E-state index in [-0.39, 0.29) is 0 Å². The van der Waals surface area contributed by atoms with E-state index in [0.29, 0.717) is 12.1 Å². The molecule has 2 heterocycles. The molecular weight excluding hydrogens is 310 g/mol. The molecule has 0 radical (unpaired) electrons. The first kappa shape index (κ1) is 14.5. The van der Waals surface area contributed by atoms with Crippen LogP contribution in [0.1, 0.15) is 37.0 Å². The molecule has 0 spiro atoms. The van der Waals surface area contributed by atoms with Gasteiger partial charge in [-0.15, -0.1) is 11.3 Å². The second-order valence-electron chi connectivity index (χ2n) is 4.95. The summed E-state index contributed by atoms with van der Waals surface area (Å²) >= 11 is 5.45. The molecule has 1 N–H and O–H groups in total. The van der Waals surface area contributed by atoms with Crippen molar-refractivity contribution in [1.82, 2.24) is 5.32 Å². The Labute approximate surface area is 122 Å². The molecule has 0 aliphatic carbocycles. The molecule has 2 nitrogen and oxygen atoms in total. The molecule has 1 aromatic heterocycles. The van der Waals surface area contributed by atoms with Crippen molar-refractivity contribution in [3.8, 4) is 0 Å².